The van der Waals surface area contributed by atoms with Crippen LogP contribution >= 0.6 is 0 Å². The molecule has 1 N–H and O–H groups in total. The number of aliphatic carboxylic acids is 1. The lowest BCUT2D eigenvalue weighted by Gasteiger charge is -2.40. The van der Waals surface area contributed by atoms with E-state index in [1.807, 2.05) is 36.4 Å². The quantitative estimate of drug-likeness (QED) is 0.267. The lowest BCUT2D eigenvalue weighted by molar-refractivity contribution is -0.137. The second kappa shape index (κ2) is 12.7. The van der Waals surface area contributed by atoms with Gasteiger partial charge in [0.15, 0.2) is 0 Å². The molecule has 0 aliphatic heterocycles. The van der Waals surface area contributed by atoms with Crippen molar-refractivity contribution in [3.05, 3.63) is 83.2 Å². The number of rotatable bonds is 11. The Morgan fingerprint density at radius 2 is 1.87 bits per heavy atom. The molecule has 5 heteroatoms. The molecular weight excluding hydrogens is 491 g/mol. The number of halogens is 1. The van der Waals surface area contributed by atoms with E-state index in [1.54, 1.807) is 19.2 Å². The zero-order valence-electron chi connectivity index (χ0n) is 23.6. The molecular formula is C34H41FO4. The number of carboxylic acids is 1. The number of hydrogen-bond acceptors (Lipinski definition) is 3. The molecule has 39 heavy (non-hydrogen) atoms. The van der Waals surface area contributed by atoms with Gasteiger partial charge in [-0.1, -0.05) is 70.4 Å². The minimum Gasteiger partial charge on any atom is -0.497 e. The van der Waals surface area contributed by atoms with Crippen molar-refractivity contribution in [2.75, 3.05) is 7.11 Å². The fraction of sp³-hybridized carbons (Fsp3) is 0.441. The van der Waals surface area contributed by atoms with Crippen LogP contribution in [0.3, 0.4) is 0 Å². The summed E-state index contributed by atoms with van der Waals surface area (Å²) in [5, 5.41) is 9.35. The zero-order valence-corrected chi connectivity index (χ0v) is 23.6. The fourth-order valence-electron chi connectivity index (χ4n) is 6.11. The minimum absolute atomic E-state index is 0.0340. The molecule has 0 heterocycles. The molecule has 4 nitrogen and oxygen atoms in total. The fourth-order valence-corrected chi connectivity index (χ4v) is 6.11. The lowest BCUT2D eigenvalue weighted by atomic mass is 9.65. The Morgan fingerprint density at radius 1 is 1.05 bits per heavy atom. The molecule has 208 valence electrons. The van der Waals surface area contributed by atoms with Crippen LogP contribution in [0.5, 0.6) is 11.5 Å². The van der Waals surface area contributed by atoms with E-state index in [4.69, 9.17) is 9.47 Å². The maximum atomic E-state index is 15.1. The molecule has 3 aromatic rings. The van der Waals surface area contributed by atoms with Crippen LogP contribution in [0.2, 0.25) is 0 Å². The van der Waals surface area contributed by atoms with Crippen molar-refractivity contribution in [3.63, 3.8) is 0 Å². The first kappa shape index (κ1) is 28.7. The smallest absolute Gasteiger partial charge is 0.303 e. The monoisotopic (exact) mass is 532 g/mol. The largest absolute Gasteiger partial charge is 0.497 e. The molecule has 0 saturated heterocycles. The van der Waals surface area contributed by atoms with Crippen LogP contribution in [0, 0.1) is 11.2 Å². The third kappa shape index (κ3) is 7.00. The Labute approximate surface area is 232 Å². The van der Waals surface area contributed by atoms with Gasteiger partial charge in [0.25, 0.3) is 0 Å². The van der Waals surface area contributed by atoms with E-state index in [0.717, 1.165) is 60.1 Å². The minimum atomic E-state index is -0.787. The highest BCUT2D eigenvalue weighted by Gasteiger charge is 2.35. The molecule has 2 atom stereocenters. The third-order valence-corrected chi connectivity index (χ3v) is 8.26. The van der Waals surface area contributed by atoms with Crippen molar-refractivity contribution < 1.29 is 23.8 Å². The van der Waals surface area contributed by atoms with Crippen molar-refractivity contribution in [1.29, 1.82) is 0 Å². The summed E-state index contributed by atoms with van der Waals surface area (Å²) in [4.78, 5) is 11.4. The van der Waals surface area contributed by atoms with Crippen LogP contribution in [-0.4, -0.2) is 18.2 Å². The summed E-state index contributed by atoms with van der Waals surface area (Å²) >= 11 is 0. The molecule has 0 aromatic heterocycles. The highest BCUT2D eigenvalue weighted by Crippen LogP contribution is 2.49. The van der Waals surface area contributed by atoms with Crippen LogP contribution < -0.4 is 9.47 Å². The first-order chi connectivity index (χ1) is 18.7. The number of benzene rings is 3. The predicted octanol–water partition coefficient (Wildman–Crippen LogP) is 9.12. The number of ether oxygens (including phenoxy) is 2. The number of hydrogen-bond donors (Lipinski definition) is 1. The maximum absolute atomic E-state index is 15.1. The summed E-state index contributed by atoms with van der Waals surface area (Å²) in [6.07, 6.45) is 6.44. The van der Waals surface area contributed by atoms with E-state index in [2.05, 4.69) is 26.8 Å². The summed E-state index contributed by atoms with van der Waals surface area (Å²) in [7, 11) is 1.60. The molecule has 3 aromatic carbocycles. The van der Waals surface area contributed by atoms with Crippen molar-refractivity contribution in [2.45, 2.75) is 84.2 Å². The summed E-state index contributed by atoms with van der Waals surface area (Å²) in [5.74, 6) is 0.590. The molecule has 0 unspecified atom stereocenters. The van der Waals surface area contributed by atoms with Crippen LogP contribution in [0.1, 0.15) is 94.2 Å². The van der Waals surface area contributed by atoms with Crippen molar-refractivity contribution in [3.8, 4) is 22.6 Å². The summed E-state index contributed by atoms with van der Waals surface area (Å²) in [6, 6.07) is 18.9. The highest BCUT2D eigenvalue weighted by atomic mass is 19.1. The first-order valence-electron chi connectivity index (χ1n) is 14.1. The van der Waals surface area contributed by atoms with E-state index >= 15 is 4.39 Å². The van der Waals surface area contributed by atoms with Crippen molar-refractivity contribution in [2.24, 2.45) is 5.41 Å². The molecule has 1 saturated carbocycles. The number of carbonyl (C=O) groups is 1. The molecule has 1 aliphatic rings. The van der Waals surface area contributed by atoms with Crippen molar-refractivity contribution >= 4 is 5.97 Å². The van der Waals surface area contributed by atoms with Gasteiger partial charge in [0.05, 0.1) is 13.5 Å². The van der Waals surface area contributed by atoms with Crippen LogP contribution in [-0.2, 0) is 11.4 Å². The summed E-state index contributed by atoms with van der Waals surface area (Å²) < 4.78 is 26.8. The second-order valence-electron chi connectivity index (χ2n) is 11.5. The van der Waals surface area contributed by atoms with Crippen LogP contribution in [0.4, 0.5) is 4.39 Å². The van der Waals surface area contributed by atoms with Crippen LogP contribution in [0.25, 0.3) is 11.1 Å². The molecule has 0 spiro atoms. The molecule has 0 amide bonds. The molecule has 4 rings (SSSR count). The van der Waals surface area contributed by atoms with Gasteiger partial charge >= 0.3 is 5.97 Å². The molecule has 1 fully saturated rings. The van der Waals surface area contributed by atoms with Gasteiger partial charge in [-0.25, -0.2) is 4.39 Å². The van der Waals surface area contributed by atoms with Crippen LogP contribution in [0.15, 0.2) is 60.7 Å². The van der Waals surface area contributed by atoms with Gasteiger partial charge in [0.2, 0.25) is 0 Å². The van der Waals surface area contributed by atoms with E-state index in [9.17, 15) is 9.90 Å². The molecule has 0 radical (unpaired) electrons. The number of carboxylic acid groups (broad SMARTS) is 1. The van der Waals surface area contributed by atoms with Gasteiger partial charge in [-0.15, -0.1) is 0 Å². The highest BCUT2D eigenvalue weighted by molar-refractivity contribution is 5.71. The summed E-state index contributed by atoms with van der Waals surface area (Å²) in [5.41, 5.74) is 4.75. The molecule has 0 bridgehead atoms. The van der Waals surface area contributed by atoms with Gasteiger partial charge in [-0.2, -0.15) is 0 Å². The third-order valence-electron chi connectivity index (χ3n) is 8.26. The van der Waals surface area contributed by atoms with E-state index in [1.165, 1.54) is 12.5 Å². The average Bonchev–Trinajstić information content (AvgIpc) is 2.92. The maximum Gasteiger partial charge on any atom is 0.303 e. The van der Waals surface area contributed by atoms with Crippen molar-refractivity contribution in [1.82, 2.24) is 0 Å². The SMILES string of the molecule is CCC[C@@H](CC(=O)O)c1cccc(OCc2ccc(-c3cc(OC)ccc3F)c([C@@H]3CCCCC3(C)C)c2)c1. The first-order valence-corrected chi connectivity index (χ1v) is 14.1. The topological polar surface area (TPSA) is 55.8 Å². The lowest BCUT2D eigenvalue weighted by Crippen LogP contribution is -2.26. The van der Waals surface area contributed by atoms with E-state index in [-0.39, 0.29) is 23.6 Å². The van der Waals surface area contributed by atoms with E-state index in [0.29, 0.717) is 23.8 Å². The van der Waals surface area contributed by atoms with Gasteiger partial charge in [-0.3, -0.25) is 4.79 Å². The van der Waals surface area contributed by atoms with Gasteiger partial charge in [0, 0.05) is 5.56 Å². The van der Waals surface area contributed by atoms with Gasteiger partial charge in [-0.05, 0) is 89.1 Å². The second-order valence-corrected chi connectivity index (χ2v) is 11.5. The normalized spacial score (nSPS) is 17.4. The van der Waals surface area contributed by atoms with E-state index < -0.39 is 5.97 Å². The Bertz CT molecular complexity index is 1280. The van der Waals surface area contributed by atoms with Gasteiger partial charge in [0.1, 0.15) is 23.9 Å². The Kier molecular flexibility index (Phi) is 9.32. The Balaban J connectivity index is 1.65. The molecule has 1 aliphatic carbocycles. The van der Waals surface area contributed by atoms with Gasteiger partial charge < -0.3 is 14.6 Å². The Hall–Kier alpha value is -3.34. The standard InChI is InChI=1S/C34H41FO4/c1-5-9-24(20-33(36)37)25-10-8-11-27(19-25)39-22-23-13-15-28(30-21-26(38-4)14-16-32(30)35)29(18-23)31-12-6-7-17-34(31,2)3/h8,10-11,13-16,18-19,21,24,31H,5-7,9,12,17,20,22H2,1-4H3,(H,36,37)/t24-,31-/m0/s1. The average molecular weight is 533 g/mol. The zero-order chi connectivity index (χ0) is 28.0. The Morgan fingerprint density at radius 3 is 2.59 bits per heavy atom. The summed E-state index contributed by atoms with van der Waals surface area (Å²) in [6.45, 7) is 7.09. The predicted molar refractivity (Wildman–Crippen MR) is 154 cm³/mol. The number of methoxy groups -OCH3 is 1.